The first-order chi connectivity index (χ1) is 6.25. The van der Waals surface area contributed by atoms with E-state index in [4.69, 9.17) is 4.84 Å². The number of aliphatic hydroxyl groups is 1. The van der Waals surface area contributed by atoms with Gasteiger partial charge in [0, 0.05) is 12.3 Å². The molecule has 0 amide bonds. The molecule has 0 radical (unpaired) electrons. The number of hydrogen-bond donors (Lipinski definition) is 1. The molecule has 1 saturated heterocycles. The molecule has 0 aromatic carbocycles. The molecule has 2 rings (SSSR count). The molecule has 5 nitrogen and oxygen atoms in total. The molecule has 1 unspecified atom stereocenters. The van der Waals surface area contributed by atoms with Gasteiger partial charge in [0.2, 0.25) is 0 Å². The average Bonchev–Trinajstić information content (AvgIpc) is 2.52. The van der Waals surface area contributed by atoms with E-state index >= 15 is 0 Å². The molecule has 1 aliphatic heterocycles. The third kappa shape index (κ3) is 1.76. The number of hydrogen-bond acceptors (Lipinski definition) is 5. The Kier molecular flexibility index (Phi) is 2.12. The number of anilines is 1. The first-order valence-corrected chi connectivity index (χ1v) is 4.14. The van der Waals surface area contributed by atoms with Gasteiger partial charge in [0.05, 0.1) is 12.6 Å². The van der Waals surface area contributed by atoms with Gasteiger partial charge in [-0.1, -0.05) is 0 Å². The Labute approximate surface area is 75.9 Å². The maximum absolute atomic E-state index is 9.22. The second kappa shape index (κ2) is 3.27. The van der Waals surface area contributed by atoms with Crippen LogP contribution in [0.5, 0.6) is 0 Å². The fourth-order valence-corrected chi connectivity index (χ4v) is 1.22. The fourth-order valence-electron chi connectivity index (χ4n) is 1.22. The van der Waals surface area contributed by atoms with Crippen LogP contribution in [-0.4, -0.2) is 34.3 Å². The number of nitrogens with zero attached hydrogens (tertiary/aromatic N) is 3. The van der Waals surface area contributed by atoms with Gasteiger partial charge in [-0.2, -0.15) is 0 Å². The molecule has 1 atom stereocenters. The molecule has 1 fully saturated rings. The van der Waals surface area contributed by atoms with E-state index in [0.717, 1.165) is 0 Å². The quantitative estimate of drug-likeness (QED) is 0.655. The number of aryl methyl sites for hydroxylation is 1. The van der Waals surface area contributed by atoms with Crippen molar-refractivity contribution in [2.75, 3.05) is 18.2 Å². The molecule has 1 aliphatic rings. The van der Waals surface area contributed by atoms with Crippen molar-refractivity contribution < 1.29 is 9.94 Å². The van der Waals surface area contributed by atoms with Crippen LogP contribution in [0.15, 0.2) is 12.3 Å². The van der Waals surface area contributed by atoms with Gasteiger partial charge < -0.3 is 5.11 Å². The van der Waals surface area contributed by atoms with E-state index in [-0.39, 0.29) is 0 Å². The molecule has 70 valence electrons. The van der Waals surface area contributed by atoms with Crippen molar-refractivity contribution in [3.63, 3.8) is 0 Å². The van der Waals surface area contributed by atoms with Crippen LogP contribution in [0.4, 0.5) is 5.82 Å². The number of aliphatic hydroxyl groups excluding tert-OH is 1. The highest BCUT2D eigenvalue weighted by Gasteiger charge is 2.22. The van der Waals surface area contributed by atoms with Crippen molar-refractivity contribution in [3.8, 4) is 0 Å². The summed E-state index contributed by atoms with van der Waals surface area (Å²) in [6.07, 6.45) is 1.25. The first-order valence-electron chi connectivity index (χ1n) is 4.14. The van der Waals surface area contributed by atoms with Crippen LogP contribution >= 0.6 is 0 Å². The van der Waals surface area contributed by atoms with Gasteiger partial charge in [0.15, 0.2) is 5.82 Å². The first kappa shape index (κ1) is 8.40. The lowest BCUT2D eigenvalue weighted by Gasteiger charge is -2.14. The SMILES string of the molecule is Cc1nccc(N2CC(O)CO2)n1. The Hall–Kier alpha value is -1.20. The highest BCUT2D eigenvalue weighted by atomic mass is 16.7. The molecular formula is C8H11N3O2. The van der Waals surface area contributed by atoms with Crippen LogP contribution in [0.1, 0.15) is 5.82 Å². The molecule has 5 heteroatoms. The Bertz CT molecular complexity index is 305. The summed E-state index contributed by atoms with van der Waals surface area (Å²) in [7, 11) is 0. The van der Waals surface area contributed by atoms with Gasteiger partial charge in [-0.15, -0.1) is 0 Å². The smallest absolute Gasteiger partial charge is 0.156 e. The summed E-state index contributed by atoms with van der Waals surface area (Å²) in [5.41, 5.74) is 0. The molecule has 0 aliphatic carbocycles. The Morgan fingerprint density at radius 2 is 2.54 bits per heavy atom. The summed E-state index contributed by atoms with van der Waals surface area (Å²) >= 11 is 0. The van der Waals surface area contributed by atoms with Gasteiger partial charge in [0.25, 0.3) is 0 Å². The zero-order valence-electron chi connectivity index (χ0n) is 7.34. The highest BCUT2D eigenvalue weighted by molar-refractivity contribution is 5.34. The Balaban J connectivity index is 2.16. The Morgan fingerprint density at radius 1 is 1.69 bits per heavy atom. The predicted octanol–water partition coefficient (Wildman–Crippen LogP) is -0.102. The molecule has 0 saturated carbocycles. The lowest BCUT2D eigenvalue weighted by molar-refractivity contribution is 0.115. The summed E-state index contributed by atoms with van der Waals surface area (Å²) in [4.78, 5) is 13.3. The standard InChI is InChI=1S/C8H11N3O2/c1-6-9-3-2-8(10-6)11-4-7(12)5-13-11/h2-3,7,12H,4-5H2,1H3. The summed E-state index contributed by atoms with van der Waals surface area (Å²) in [6.45, 7) is 2.62. The van der Waals surface area contributed by atoms with Crippen molar-refractivity contribution in [2.45, 2.75) is 13.0 Å². The normalized spacial score (nSPS) is 22.3. The maximum atomic E-state index is 9.22. The van der Waals surface area contributed by atoms with E-state index in [1.807, 2.05) is 6.92 Å². The van der Waals surface area contributed by atoms with Gasteiger partial charge in [0.1, 0.15) is 12.4 Å². The minimum atomic E-state index is -0.421. The van der Waals surface area contributed by atoms with Crippen LogP contribution in [0.3, 0.4) is 0 Å². The van der Waals surface area contributed by atoms with Crippen molar-refractivity contribution in [3.05, 3.63) is 18.1 Å². The zero-order valence-corrected chi connectivity index (χ0v) is 7.34. The number of aromatic nitrogens is 2. The minimum absolute atomic E-state index is 0.336. The molecule has 1 N–H and O–H groups in total. The number of hydroxylamine groups is 1. The van der Waals surface area contributed by atoms with Crippen LogP contribution in [0, 0.1) is 6.92 Å². The summed E-state index contributed by atoms with van der Waals surface area (Å²) in [6, 6.07) is 1.76. The van der Waals surface area contributed by atoms with E-state index in [1.54, 1.807) is 17.3 Å². The van der Waals surface area contributed by atoms with Crippen LogP contribution in [-0.2, 0) is 4.84 Å². The van der Waals surface area contributed by atoms with Crippen molar-refractivity contribution in [2.24, 2.45) is 0 Å². The Morgan fingerprint density at radius 3 is 3.15 bits per heavy atom. The molecule has 0 spiro atoms. The predicted molar refractivity (Wildman–Crippen MR) is 46.1 cm³/mol. The van der Waals surface area contributed by atoms with E-state index in [2.05, 4.69) is 9.97 Å². The molecule has 1 aromatic heterocycles. The summed E-state index contributed by atoms with van der Waals surface area (Å²) in [5.74, 6) is 1.39. The van der Waals surface area contributed by atoms with Crippen molar-refractivity contribution >= 4 is 5.82 Å². The largest absolute Gasteiger partial charge is 0.389 e. The van der Waals surface area contributed by atoms with Crippen molar-refractivity contribution in [1.29, 1.82) is 0 Å². The summed E-state index contributed by atoms with van der Waals surface area (Å²) < 4.78 is 0. The molecule has 13 heavy (non-hydrogen) atoms. The second-order valence-electron chi connectivity index (χ2n) is 2.97. The lowest BCUT2D eigenvalue weighted by atomic mass is 10.4. The highest BCUT2D eigenvalue weighted by Crippen LogP contribution is 2.15. The maximum Gasteiger partial charge on any atom is 0.156 e. The van der Waals surface area contributed by atoms with E-state index < -0.39 is 6.10 Å². The second-order valence-corrected chi connectivity index (χ2v) is 2.97. The van der Waals surface area contributed by atoms with E-state index in [1.165, 1.54) is 0 Å². The average molecular weight is 181 g/mol. The topological polar surface area (TPSA) is 58.5 Å². The van der Waals surface area contributed by atoms with Crippen LogP contribution < -0.4 is 5.06 Å². The van der Waals surface area contributed by atoms with Gasteiger partial charge in [-0.05, 0) is 6.92 Å². The molecule has 0 bridgehead atoms. The monoisotopic (exact) mass is 181 g/mol. The van der Waals surface area contributed by atoms with E-state index in [0.29, 0.717) is 24.8 Å². The lowest BCUT2D eigenvalue weighted by Crippen LogP contribution is -2.21. The fraction of sp³-hybridized carbons (Fsp3) is 0.500. The van der Waals surface area contributed by atoms with Gasteiger partial charge >= 0.3 is 0 Å². The third-order valence-corrected chi connectivity index (χ3v) is 1.82. The summed E-state index contributed by atoms with van der Waals surface area (Å²) in [5, 5.41) is 10.8. The minimum Gasteiger partial charge on any atom is -0.389 e. The number of β-amino-alcohol motifs (C(OH)–C–C–N with tert-alkyl or cyclic N) is 1. The van der Waals surface area contributed by atoms with Gasteiger partial charge in [-0.25, -0.2) is 15.0 Å². The number of rotatable bonds is 1. The van der Waals surface area contributed by atoms with Crippen LogP contribution in [0.25, 0.3) is 0 Å². The van der Waals surface area contributed by atoms with Crippen LogP contribution in [0.2, 0.25) is 0 Å². The third-order valence-electron chi connectivity index (χ3n) is 1.82. The van der Waals surface area contributed by atoms with Gasteiger partial charge in [-0.3, -0.25) is 4.84 Å². The molecule has 1 aromatic rings. The molecular weight excluding hydrogens is 170 g/mol. The molecule has 2 heterocycles. The zero-order chi connectivity index (χ0) is 9.26. The van der Waals surface area contributed by atoms with Crippen molar-refractivity contribution in [1.82, 2.24) is 9.97 Å². The van der Waals surface area contributed by atoms with E-state index in [9.17, 15) is 5.11 Å².